The molecule has 0 spiro atoms. The van der Waals surface area contributed by atoms with E-state index in [1.165, 1.54) is 0 Å². The maximum Gasteiger partial charge on any atom is 0.153 e. The number of hydrogen-bond donors (Lipinski definition) is 2. The first kappa shape index (κ1) is 6.49. The Labute approximate surface area is 68.2 Å². The van der Waals surface area contributed by atoms with Gasteiger partial charge in [-0.05, 0) is 6.07 Å². The molecule has 0 radical (unpaired) electrons. The molecule has 0 aromatic carbocycles. The van der Waals surface area contributed by atoms with Crippen LogP contribution in [0, 0.1) is 0 Å². The number of hydrogen-bond acceptors (Lipinski definition) is 2. The zero-order valence-electron chi connectivity index (χ0n) is 5.63. The molecule has 0 aliphatic heterocycles. The average molecular weight is 168 g/mol. The highest BCUT2D eigenvalue weighted by atomic mass is 35.5. The van der Waals surface area contributed by atoms with E-state index in [0.717, 1.165) is 10.9 Å². The van der Waals surface area contributed by atoms with Crippen molar-refractivity contribution < 1.29 is 0 Å². The van der Waals surface area contributed by atoms with Crippen LogP contribution < -0.4 is 5.73 Å². The number of aromatic nitrogens is 2. The summed E-state index contributed by atoms with van der Waals surface area (Å²) in [6, 6.07) is 1.83. The Morgan fingerprint density at radius 3 is 3.09 bits per heavy atom. The number of nitrogens with one attached hydrogen (secondary N) is 1. The highest BCUT2D eigenvalue weighted by Gasteiger charge is 2.02. The summed E-state index contributed by atoms with van der Waals surface area (Å²) in [6.45, 7) is 0. The lowest BCUT2D eigenvalue weighted by molar-refractivity contribution is 1.34. The highest BCUT2D eigenvalue weighted by Crippen LogP contribution is 2.23. The Balaban J connectivity index is 2.94. The number of halogens is 1. The molecule has 3 nitrogen and oxygen atoms in total. The van der Waals surface area contributed by atoms with Gasteiger partial charge < -0.3 is 10.7 Å². The first-order valence-electron chi connectivity index (χ1n) is 3.16. The zero-order chi connectivity index (χ0) is 7.84. The van der Waals surface area contributed by atoms with Gasteiger partial charge in [-0.15, -0.1) is 0 Å². The van der Waals surface area contributed by atoms with Crippen molar-refractivity contribution >= 4 is 28.2 Å². The molecule has 0 amide bonds. The first-order valence-corrected chi connectivity index (χ1v) is 3.54. The van der Waals surface area contributed by atoms with Crippen molar-refractivity contribution in [3.05, 3.63) is 23.6 Å². The van der Waals surface area contributed by atoms with E-state index in [1.807, 2.05) is 6.07 Å². The summed E-state index contributed by atoms with van der Waals surface area (Å²) < 4.78 is 0. The van der Waals surface area contributed by atoms with Gasteiger partial charge in [0.05, 0.1) is 11.2 Å². The molecule has 0 unspecified atom stereocenters. The van der Waals surface area contributed by atoms with Gasteiger partial charge in [-0.2, -0.15) is 0 Å². The summed E-state index contributed by atoms with van der Waals surface area (Å²) in [7, 11) is 0. The van der Waals surface area contributed by atoms with Crippen LogP contribution in [0.5, 0.6) is 0 Å². The topological polar surface area (TPSA) is 54.7 Å². The summed E-state index contributed by atoms with van der Waals surface area (Å²) in [5.74, 6) is 0. The van der Waals surface area contributed by atoms with Crippen LogP contribution in [0.1, 0.15) is 0 Å². The molecule has 0 aliphatic rings. The third kappa shape index (κ3) is 0.851. The Bertz CT molecular complexity index is 393. The van der Waals surface area contributed by atoms with Crippen molar-refractivity contribution in [2.24, 2.45) is 0 Å². The highest BCUT2D eigenvalue weighted by molar-refractivity contribution is 6.34. The second-order valence-corrected chi connectivity index (χ2v) is 2.63. The largest absolute Gasteiger partial charge is 0.397 e. The molecule has 2 heterocycles. The molecule has 2 aromatic heterocycles. The molecule has 4 heteroatoms. The van der Waals surface area contributed by atoms with Crippen LogP contribution in [0.15, 0.2) is 18.5 Å². The maximum absolute atomic E-state index is 5.77. The number of aromatic amines is 1. The zero-order valence-corrected chi connectivity index (χ0v) is 6.39. The van der Waals surface area contributed by atoms with Gasteiger partial charge in [0.25, 0.3) is 0 Å². The predicted molar refractivity (Wildman–Crippen MR) is 45.5 cm³/mol. The number of rotatable bonds is 0. The number of nitrogens with zero attached hydrogens (tertiary/aromatic N) is 1. The van der Waals surface area contributed by atoms with E-state index in [0.29, 0.717) is 10.8 Å². The summed E-state index contributed by atoms with van der Waals surface area (Å²) in [5, 5.41) is 1.38. The summed E-state index contributed by atoms with van der Waals surface area (Å²) in [4.78, 5) is 6.84. The normalized spacial score (nSPS) is 10.6. The van der Waals surface area contributed by atoms with E-state index in [2.05, 4.69) is 9.97 Å². The van der Waals surface area contributed by atoms with E-state index in [-0.39, 0.29) is 0 Å². The summed E-state index contributed by atoms with van der Waals surface area (Å²) in [6.07, 6.45) is 3.34. The van der Waals surface area contributed by atoms with Gasteiger partial charge in [-0.3, -0.25) is 0 Å². The van der Waals surface area contributed by atoms with Crippen LogP contribution in [-0.4, -0.2) is 9.97 Å². The van der Waals surface area contributed by atoms with Crippen LogP contribution in [0.2, 0.25) is 5.15 Å². The monoisotopic (exact) mass is 167 g/mol. The van der Waals surface area contributed by atoms with Gasteiger partial charge in [0.15, 0.2) is 5.15 Å². The first-order chi connectivity index (χ1) is 5.29. The van der Waals surface area contributed by atoms with Crippen molar-refractivity contribution in [2.75, 3.05) is 5.73 Å². The van der Waals surface area contributed by atoms with Crippen LogP contribution in [0.25, 0.3) is 10.9 Å². The lowest BCUT2D eigenvalue weighted by Crippen LogP contribution is -1.80. The Hall–Kier alpha value is -1.22. The molecule has 0 saturated carbocycles. The summed E-state index contributed by atoms with van der Waals surface area (Å²) >= 11 is 5.77. The predicted octanol–water partition coefficient (Wildman–Crippen LogP) is 1.80. The van der Waals surface area contributed by atoms with E-state index in [4.69, 9.17) is 17.3 Å². The van der Waals surface area contributed by atoms with Crippen LogP contribution in [0.3, 0.4) is 0 Å². The summed E-state index contributed by atoms with van der Waals surface area (Å²) in [5.41, 5.74) is 7.12. The molecule has 2 rings (SSSR count). The second-order valence-electron chi connectivity index (χ2n) is 2.27. The van der Waals surface area contributed by atoms with E-state index in [1.54, 1.807) is 12.4 Å². The van der Waals surface area contributed by atoms with Gasteiger partial charge in [-0.1, -0.05) is 11.6 Å². The fourth-order valence-corrected chi connectivity index (χ4v) is 1.25. The standard InChI is InChI=1S/C7H6ClN3/c8-7-6-4(1-2-10-7)5(9)3-11-6/h1-3,11H,9H2. The van der Waals surface area contributed by atoms with Crippen molar-refractivity contribution in [2.45, 2.75) is 0 Å². The molecule has 0 fully saturated rings. The molecular weight excluding hydrogens is 162 g/mol. The lowest BCUT2D eigenvalue weighted by atomic mass is 10.3. The number of nitrogens with two attached hydrogens (primary N) is 1. The van der Waals surface area contributed by atoms with Crippen LogP contribution in [0.4, 0.5) is 5.69 Å². The minimum Gasteiger partial charge on any atom is -0.397 e. The van der Waals surface area contributed by atoms with E-state index >= 15 is 0 Å². The van der Waals surface area contributed by atoms with E-state index in [9.17, 15) is 0 Å². The molecule has 0 bridgehead atoms. The van der Waals surface area contributed by atoms with Gasteiger partial charge in [0.1, 0.15) is 0 Å². The van der Waals surface area contributed by atoms with Crippen LogP contribution in [-0.2, 0) is 0 Å². The quantitative estimate of drug-likeness (QED) is 0.588. The third-order valence-corrected chi connectivity index (χ3v) is 1.87. The molecule has 2 aromatic rings. The fraction of sp³-hybridized carbons (Fsp3) is 0. The number of pyridine rings is 1. The average Bonchev–Trinajstić information content (AvgIpc) is 2.35. The molecule has 0 aliphatic carbocycles. The minimum absolute atomic E-state index is 0.458. The van der Waals surface area contributed by atoms with Crippen molar-refractivity contribution in [3.63, 3.8) is 0 Å². The Morgan fingerprint density at radius 2 is 2.36 bits per heavy atom. The SMILES string of the molecule is Nc1c[nH]c2c(Cl)nccc12. The Morgan fingerprint density at radius 1 is 1.55 bits per heavy atom. The molecule has 56 valence electrons. The second kappa shape index (κ2) is 2.13. The molecule has 11 heavy (non-hydrogen) atoms. The molecule has 0 atom stereocenters. The van der Waals surface area contributed by atoms with Crippen molar-refractivity contribution in [1.29, 1.82) is 0 Å². The van der Waals surface area contributed by atoms with Crippen LogP contribution >= 0.6 is 11.6 Å². The van der Waals surface area contributed by atoms with Gasteiger partial charge in [-0.25, -0.2) is 4.98 Å². The number of anilines is 1. The van der Waals surface area contributed by atoms with Gasteiger partial charge in [0, 0.05) is 17.8 Å². The van der Waals surface area contributed by atoms with Gasteiger partial charge >= 0.3 is 0 Å². The number of H-pyrrole nitrogens is 1. The van der Waals surface area contributed by atoms with Gasteiger partial charge in [0.2, 0.25) is 0 Å². The maximum atomic E-state index is 5.77. The lowest BCUT2D eigenvalue weighted by Gasteiger charge is -1.91. The number of nitrogen functional groups attached to an aromatic ring is 1. The number of fused-ring (bicyclic) bond motifs is 1. The molecule has 3 N–H and O–H groups in total. The third-order valence-electron chi connectivity index (χ3n) is 1.59. The van der Waals surface area contributed by atoms with E-state index < -0.39 is 0 Å². The van der Waals surface area contributed by atoms with Crippen molar-refractivity contribution in [1.82, 2.24) is 9.97 Å². The Kier molecular flexibility index (Phi) is 1.26. The fourth-order valence-electron chi connectivity index (χ4n) is 1.04. The minimum atomic E-state index is 0.458. The molecular formula is C7H6ClN3. The molecule has 0 saturated heterocycles. The van der Waals surface area contributed by atoms with Crippen molar-refractivity contribution in [3.8, 4) is 0 Å². The smallest absolute Gasteiger partial charge is 0.153 e.